The summed E-state index contributed by atoms with van der Waals surface area (Å²) in [6.45, 7) is 5.90. The molecule has 0 bridgehead atoms. The number of nitro groups is 1. The average molecular weight is 458 g/mol. The molecule has 0 spiro atoms. The highest BCUT2D eigenvalue weighted by atomic mass is 32.2. The SMILES string of the molecule is Cc1ccc(S(=O)(=O)N2CCN(Cc3nc(-c4cccc([N+](=O)[O-])c4)no3)CC2)c(C)c1. The molecule has 1 aromatic heterocycles. The van der Waals surface area contributed by atoms with Crippen LogP contribution in [0.2, 0.25) is 0 Å². The molecule has 32 heavy (non-hydrogen) atoms. The van der Waals surface area contributed by atoms with E-state index in [1.54, 1.807) is 18.2 Å². The lowest BCUT2D eigenvalue weighted by molar-refractivity contribution is -0.384. The van der Waals surface area contributed by atoms with Gasteiger partial charge in [0.05, 0.1) is 16.4 Å². The van der Waals surface area contributed by atoms with Gasteiger partial charge in [-0.15, -0.1) is 0 Å². The first-order valence-corrected chi connectivity index (χ1v) is 11.6. The fourth-order valence-electron chi connectivity index (χ4n) is 3.74. The van der Waals surface area contributed by atoms with Crippen molar-refractivity contribution < 1.29 is 17.9 Å². The lowest BCUT2D eigenvalue weighted by Gasteiger charge is -2.33. The highest BCUT2D eigenvalue weighted by Gasteiger charge is 2.30. The number of non-ortho nitro benzene ring substituents is 1. The smallest absolute Gasteiger partial charge is 0.270 e. The zero-order chi connectivity index (χ0) is 22.9. The Hall–Kier alpha value is -3.15. The van der Waals surface area contributed by atoms with E-state index in [0.717, 1.165) is 11.1 Å². The van der Waals surface area contributed by atoms with Crippen LogP contribution in [0.5, 0.6) is 0 Å². The average Bonchev–Trinajstić information content (AvgIpc) is 3.22. The van der Waals surface area contributed by atoms with Crippen molar-refractivity contribution in [3.05, 3.63) is 69.6 Å². The van der Waals surface area contributed by atoms with Crippen molar-refractivity contribution in [3.63, 3.8) is 0 Å². The number of aryl methyl sites for hydroxylation is 2. The van der Waals surface area contributed by atoms with Crippen LogP contribution in [0.15, 0.2) is 51.9 Å². The van der Waals surface area contributed by atoms with Crippen molar-refractivity contribution in [2.75, 3.05) is 26.2 Å². The molecule has 10 nitrogen and oxygen atoms in total. The van der Waals surface area contributed by atoms with E-state index in [9.17, 15) is 18.5 Å². The predicted molar refractivity (Wildman–Crippen MR) is 116 cm³/mol. The number of rotatable bonds is 6. The van der Waals surface area contributed by atoms with Gasteiger partial charge in [-0.2, -0.15) is 9.29 Å². The van der Waals surface area contributed by atoms with Crippen molar-refractivity contribution in [1.29, 1.82) is 0 Å². The topological polar surface area (TPSA) is 123 Å². The molecule has 168 valence electrons. The summed E-state index contributed by atoms with van der Waals surface area (Å²) in [6, 6.07) is 11.4. The van der Waals surface area contributed by atoms with Crippen molar-refractivity contribution in [2.45, 2.75) is 25.3 Å². The van der Waals surface area contributed by atoms with Crippen LogP contribution in [0.3, 0.4) is 0 Å². The molecule has 0 radical (unpaired) electrons. The van der Waals surface area contributed by atoms with Gasteiger partial charge in [0.2, 0.25) is 21.7 Å². The van der Waals surface area contributed by atoms with Gasteiger partial charge in [-0.25, -0.2) is 8.42 Å². The van der Waals surface area contributed by atoms with Crippen LogP contribution < -0.4 is 0 Å². The molecule has 0 N–H and O–H groups in total. The number of aromatic nitrogens is 2. The Morgan fingerprint density at radius 2 is 1.84 bits per heavy atom. The summed E-state index contributed by atoms with van der Waals surface area (Å²) in [5.74, 6) is 0.650. The number of hydrogen-bond donors (Lipinski definition) is 0. The zero-order valence-electron chi connectivity index (χ0n) is 17.8. The fourth-order valence-corrected chi connectivity index (χ4v) is 5.37. The highest BCUT2D eigenvalue weighted by molar-refractivity contribution is 7.89. The van der Waals surface area contributed by atoms with E-state index in [0.29, 0.717) is 49.1 Å². The van der Waals surface area contributed by atoms with Crippen molar-refractivity contribution in [2.24, 2.45) is 0 Å². The number of piperazine rings is 1. The summed E-state index contributed by atoms with van der Waals surface area (Å²) in [6.07, 6.45) is 0. The molecule has 2 heterocycles. The molecule has 11 heteroatoms. The normalized spacial score (nSPS) is 15.7. The second-order valence-electron chi connectivity index (χ2n) is 7.77. The Morgan fingerprint density at radius 1 is 1.09 bits per heavy atom. The lowest BCUT2D eigenvalue weighted by Crippen LogP contribution is -2.48. The summed E-state index contributed by atoms with van der Waals surface area (Å²) in [7, 11) is -3.55. The zero-order valence-corrected chi connectivity index (χ0v) is 18.6. The molecule has 0 atom stereocenters. The Labute approximate surface area is 185 Å². The van der Waals surface area contributed by atoms with E-state index >= 15 is 0 Å². The molecular weight excluding hydrogens is 434 g/mol. The fraction of sp³-hybridized carbons (Fsp3) is 0.333. The Morgan fingerprint density at radius 3 is 2.53 bits per heavy atom. The summed E-state index contributed by atoms with van der Waals surface area (Å²) < 4.78 is 32.9. The number of sulfonamides is 1. The van der Waals surface area contributed by atoms with Gasteiger partial charge in [-0.3, -0.25) is 15.0 Å². The van der Waals surface area contributed by atoms with E-state index in [-0.39, 0.29) is 11.5 Å². The number of nitrogens with zero attached hydrogens (tertiary/aromatic N) is 5. The molecule has 3 aromatic rings. The van der Waals surface area contributed by atoms with E-state index < -0.39 is 14.9 Å². The molecule has 0 aliphatic carbocycles. The van der Waals surface area contributed by atoms with Crippen LogP contribution in [0, 0.1) is 24.0 Å². The maximum atomic E-state index is 13.0. The predicted octanol–water partition coefficient (Wildman–Crippen LogP) is 2.77. The summed E-state index contributed by atoms with van der Waals surface area (Å²) >= 11 is 0. The van der Waals surface area contributed by atoms with Crippen LogP contribution in [-0.2, 0) is 16.6 Å². The molecule has 0 saturated carbocycles. The van der Waals surface area contributed by atoms with Crippen molar-refractivity contribution in [1.82, 2.24) is 19.3 Å². The monoisotopic (exact) mass is 457 g/mol. The lowest BCUT2D eigenvalue weighted by atomic mass is 10.2. The van der Waals surface area contributed by atoms with E-state index in [1.807, 2.05) is 30.9 Å². The third kappa shape index (κ3) is 4.54. The summed E-state index contributed by atoms with van der Waals surface area (Å²) in [5.41, 5.74) is 2.22. The molecule has 0 unspecified atom stereocenters. The summed E-state index contributed by atoms with van der Waals surface area (Å²) in [5, 5.41) is 14.9. The third-order valence-electron chi connectivity index (χ3n) is 5.42. The van der Waals surface area contributed by atoms with Gasteiger partial charge < -0.3 is 4.52 Å². The van der Waals surface area contributed by atoms with Gasteiger partial charge in [-0.05, 0) is 25.5 Å². The van der Waals surface area contributed by atoms with Gasteiger partial charge >= 0.3 is 0 Å². The molecule has 1 fully saturated rings. The molecule has 1 aliphatic rings. The van der Waals surface area contributed by atoms with Crippen molar-refractivity contribution >= 4 is 15.7 Å². The van der Waals surface area contributed by atoms with Crippen LogP contribution in [0.25, 0.3) is 11.4 Å². The second kappa shape index (κ2) is 8.77. The molecule has 4 rings (SSSR count). The maximum Gasteiger partial charge on any atom is 0.270 e. The van der Waals surface area contributed by atoms with Gasteiger partial charge in [0, 0.05) is 43.9 Å². The highest BCUT2D eigenvalue weighted by Crippen LogP contribution is 2.24. The van der Waals surface area contributed by atoms with Crippen LogP contribution in [0.4, 0.5) is 5.69 Å². The van der Waals surface area contributed by atoms with E-state index in [4.69, 9.17) is 4.52 Å². The molecule has 1 saturated heterocycles. The van der Waals surface area contributed by atoms with Crippen LogP contribution in [-0.4, -0.2) is 58.9 Å². The first kappa shape index (κ1) is 22.1. The Bertz CT molecular complexity index is 1250. The largest absolute Gasteiger partial charge is 0.338 e. The van der Waals surface area contributed by atoms with E-state index in [1.165, 1.54) is 16.4 Å². The van der Waals surface area contributed by atoms with Crippen LogP contribution in [0.1, 0.15) is 17.0 Å². The minimum Gasteiger partial charge on any atom is -0.338 e. The Balaban J connectivity index is 1.40. The molecule has 0 amide bonds. The summed E-state index contributed by atoms with van der Waals surface area (Å²) in [4.78, 5) is 17.2. The standard InChI is InChI=1S/C21H23N5O5S/c1-15-6-7-19(16(2)12-15)32(29,30)25-10-8-24(9-11-25)14-20-22-21(23-31-20)17-4-3-5-18(13-17)26(27)28/h3-7,12-13H,8-11,14H2,1-2H3. The van der Waals surface area contributed by atoms with Crippen LogP contribution >= 0.6 is 0 Å². The number of benzene rings is 2. The van der Waals surface area contributed by atoms with E-state index in [2.05, 4.69) is 10.1 Å². The van der Waals surface area contributed by atoms with Crippen molar-refractivity contribution in [3.8, 4) is 11.4 Å². The first-order chi connectivity index (χ1) is 15.2. The number of nitro benzene ring substituents is 1. The van der Waals surface area contributed by atoms with Gasteiger partial charge in [0.25, 0.3) is 5.69 Å². The quantitative estimate of drug-likeness (QED) is 0.409. The third-order valence-corrected chi connectivity index (χ3v) is 7.48. The molecule has 1 aliphatic heterocycles. The van der Waals surface area contributed by atoms with Gasteiger partial charge in [-0.1, -0.05) is 35.0 Å². The number of hydrogen-bond acceptors (Lipinski definition) is 8. The molecule has 2 aromatic carbocycles. The van der Waals surface area contributed by atoms with Gasteiger partial charge in [0.15, 0.2) is 0 Å². The van der Waals surface area contributed by atoms with Gasteiger partial charge in [0.1, 0.15) is 0 Å². The Kier molecular flexibility index (Phi) is 6.04. The maximum absolute atomic E-state index is 13.0. The minimum absolute atomic E-state index is 0.0463. The first-order valence-electron chi connectivity index (χ1n) is 10.1. The second-order valence-corrected chi connectivity index (χ2v) is 9.67. The minimum atomic E-state index is -3.55. The molecular formula is C21H23N5O5S.